The van der Waals surface area contributed by atoms with Crippen molar-refractivity contribution in [2.75, 3.05) is 46.4 Å². The third-order valence-corrected chi connectivity index (χ3v) is 9.11. The van der Waals surface area contributed by atoms with Gasteiger partial charge in [-0.3, -0.25) is 19.6 Å². The van der Waals surface area contributed by atoms with Gasteiger partial charge in [-0.2, -0.15) is 9.40 Å². The first kappa shape index (κ1) is 31.4. The minimum Gasteiger partial charge on any atom is -0.444 e. The highest BCUT2D eigenvalue weighted by Crippen LogP contribution is 2.30. The van der Waals surface area contributed by atoms with Crippen LogP contribution in [0.1, 0.15) is 50.4 Å². The zero-order chi connectivity index (χ0) is 30.7. The summed E-state index contributed by atoms with van der Waals surface area (Å²) in [6.45, 7) is 6.59. The second kappa shape index (κ2) is 12.4. The SMILES string of the molecule is CN1CC2(CCCN(S(=O)(=O)c3ccccc3[N+](=O)[O-])CCCn3cc(cn3)C1=O)CN(C(=O)OC(C)(C)C)CCO2. The highest BCUT2D eigenvalue weighted by molar-refractivity contribution is 7.89. The summed E-state index contributed by atoms with van der Waals surface area (Å²) in [5.41, 5.74) is -1.83. The molecule has 2 amide bonds. The number of nitrogens with zero attached hydrogens (tertiary/aromatic N) is 6. The van der Waals surface area contributed by atoms with Gasteiger partial charge in [0, 0.05) is 45.5 Å². The molecule has 2 aliphatic heterocycles. The lowest BCUT2D eigenvalue weighted by atomic mass is 9.94. The molecule has 14 nitrogen and oxygen atoms in total. The molecule has 2 aromatic rings. The van der Waals surface area contributed by atoms with Gasteiger partial charge in [-0.1, -0.05) is 12.1 Å². The molecule has 2 bridgehead atoms. The Morgan fingerprint density at radius 1 is 1.12 bits per heavy atom. The largest absolute Gasteiger partial charge is 0.444 e. The summed E-state index contributed by atoms with van der Waals surface area (Å²) in [5.74, 6) is -0.253. The van der Waals surface area contributed by atoms with Crippen LogP contribution in [-0.4, -0.2) is 107 Å². The van der Waals surface area contributed by atoms with Crippen LogP contribution < -0.4 is 0 Å². The van der Waals surface area contributed by atoms with Crippen molar-refractivity contribution in [1.29, 1.82) is 0 Å². The van der Waals surface area contributed by atoms with Crippen LogP contribution in [0.4, 0.5) is 10.5 Å². The number of benzene rings is 1. The monoisotopic (exact) mass is 606 g/mol. The van der Waals surface area contributed by atoms with E-state index in [4.69, 9.17) is 9.47 Å². The number of likely N-dealkylation sites (N-methyl/N-ethyl adjacent to an activating group) is 1. The Bertz CT molecular complexity index is 1420. The maximum absolute atomic E-state index is 13.8. The highest BCUT2D eigenvalue weighted by atomic mass is 32.2. The first-order chi connectivity index (χ1) is 19.7. The van der Waals surface area contributed by atoms with E-state index < -0.39 is 37.9 Å². The van der Waals surface area contributed by atoms with Gasteiger partial charge < -0.3 is 19.3 Å². The van der Waals surface area contributed by atoms with Crippen LogP contribution in [0.5, 0.6) is 0 Å². The van der Waals surface area contributed by atoms with Gasteiger partial charge in [0.15, 0.2) is 4.90 Å². The number of nitro benzene ring substituents is 1. The van der Waals surface area contributed by atoms with Gasteiger partial charge >= 0.3 is 6.09 Å². The number of morpholine rings is 1. The molecule has 4 rings (SSSR count). The van der Waals surface area contributed by atoms with E-state index in [2.05, 4.69) is 5.10 Å². The van der Waals surface area contributed by atoms with E-state index in [0.717, 1.165) is 0 Å². The smallest absolute Gasteiger partial charge is 0.410 e. The molecule has 42 heavy (non-hydrogen) atoms. The number of hydrogen-bond donors (Lipinski definition) is 0. The summed E-state index contributed by atoms with van der Waals surface area (Å²) in [7, 11) is -2.59. The van der Waals surface area contributed by atoms with Gasteiger partial charge in [0.2, 0.25) is 10.0 Å². The second-order valence-corrected chi connectivity index (χ2v) is 13.6. The van der Waals surface area contributed by atoms with Crippen molar-refractivity contribution in [3.8, 4) is 0 Å². The molecule has 1 spiro atoms. The van der Waals surface area contributed by atoms with Crippen LogP contribution in [0.15, 0.2) is 41.6 Å². The van der Waals surface area contributed by atoms with Crippen LogP contribution in [-0.2, 0) is 26.0 Å². The molecule has 230 valence electrons. The molecular weight excluding hydrogens is 568 g/mol. The molecule has 3 heterocycles. The van der Waals surface area contributed by atoms with Gasteiger partial charge in [-0.05, 0) is 46.1 Å². The van der Waals surface area contributed by atoms with Gasteiger partial charge in [-0.15, -0.1) is 0 Å². The molecule has 0 N–H and O–H groups in total. The normalized spacial score (nSPS) is 21.7. The van der Waals surface area contributed by atoms with Crippen molar-refractivity contribution in [3.05, 3.63) is 52.3 Å². The van der Waals surface area contributed by atoms with Crippen LogP contribution in [0, 0.1) is 10.1 Å². The maximum atomic E-state index is 13.8. The number of carbonyl (C=O) groups is 2. The minimum atomic E-state index is -4.23. The number of ether oxygens (including phenoxy) is 2. The summed E-state index contributed by atoms with van der Waals surface area (Å²) in [4.78, 5) is 39.9. The van der Waals surface area contributed by atoms with E-state index >= 15 is 0 Å². The lowest BCUT2D eigenvalue weighted by Crippen LogP contribution is -2.59. The molecule has 1 atom stereocenters. The fourth-order valence-electron chi connectivity index (χ4n) is 5.28. The third kappa shape index (κ3) is 7.25. The topological polar surface area (TPSA) is 157 Å². The molecular formula is C27H38N6O8S. The number of nitro groups is 1. The Hall–Kier alpha value is -3.56. The van der Waals surface area contributed by atoms with Gasteiger partial charge in [0.1, 0.15) is 11.2 Å². The van der Waals surface area contributed by atoms with Crippen molar-refractivity contribution in [1.82, 2.24) is 23.9 Å². The predicted octanol–water partition coefficient (Wildman–Crippen LogP) is 2.74. The summed E-state index contributed by atoms with van der Waals surface area (Å²) >= 11 is 0. The molecule has 1 unspecified atom stereocenters. The van der Waals surface area contributed by atoms with Crippen molar-refractivity contribution < 1.29 is 32.4 Å². The number of aromatic nitrogens is 2. The fourth-order valence-corrected chi connectivity index (χ4v) is 6.95. The molecule has 1 aromatic heterocycles. The standard InChI is InChI=1S/C27H38N6O8S/c1-26(2,3)41-25(35)30-15-16-40-27(20-30)11-7-13-32(42(38,39)23-10-6-5-9-22(23)33(36)37)14-8-12-31-18-21(17-28-31)24(34)29(4)19-27/h5-6,9-10,17-18H,7-8,11-16,19-20H2,1-4H3. The summed E-state index contributed by atoms with van der Waals surface area (Å²) in [6.07, 6.45) is 3.55. The van der Waals surface area contributed by atoms with Crippen LogP contribution in [0.3, 0.4) is 0 Å². The lowest BCUT2D eigenvalue weighted by Gasteiger charge is -2.44. The van der Waals surface area contributed by atoms with E-state index in [9.17, 15) is 28.1 Å². The number of rotatable bonds is 3. The first-order valence-corrected chi connectivity index (χ1v) is 15.3. The van der Waals surface area contributed by atoms with Crippen molar-refractivity contribution in [2.45, 2.75) is 62.7 Å². The Balaban J connectivity index is 1.66. The van der Waals surface area contributed by atoms with Crippen LogP contribution >= 0.6 is 0 Å². The Morgan fingerprint density at radius 2 is 1.83 bits per heavy atom. The number of para-hydroxylation sites is 1. The fraction of sp³-hybridized carbons (Fsp3) is 0.593. The molecule has 2 aliphatic rings. The lowest BCUT2D eigenvalue weighted by molar-refractivity contribution is -0.387. The summed E-state index contributed by atoms with van der Waals surface area (Å²) in [5, 5.41) is 15.9. The third-order valence-electron chi connectivity index (χ3n) is 7.17. The van der Waals surface area contributed by atoms with Crippen LogP contribution in [0.2, 0.25) is 0 Å². The van der Waals surface area contributed by atoms with Gasteiger partial charge in [0.25, 0.3) is 11.6 Å². The number of hydrogen-bond acceptors (Lipinski definition) is 9. The number of carbonyl (C=O) groups excluding carboxylic acids is 2. The minimum absolute atomic E-state index is 0.0496. The van der Waals surface area contributed by atoms with Crippen LogP contribution in [0.25, 0.3) is 0 Å². The zero-order valence-corrected chi connectivity index (χ0v) is 25.2. The predicted molar refractivity (Wildman–Crippen MR) is 151 cm³/mol. The molecule has 15 heteroatoms. The molecule has 1 saturated heterocycles. The quantitative estimate of drug-likeness (QED) is 0.378. The van der Waals surface area contributed by atoms with Crippen molar-refractivity contribution in [2.24, 2.45) is 0 Å². The zero-order valence-electron chi connectivity index (χ0n) is 24.4. The van der Waals surface area contributed by atoms with E-state index in [0.29, 0.717) is 37.9 Å². The molecule has 0 saturated carbocycles. The molecule has 1 aromatic carbocycles. The van der Waals surface area contributed by atoms with E-state index in [1.54, 1.807) is 43.6 Å². The number of amides is 2. The number of fused-ring (bicyclic) bond motifs is 2. The summed E-state index contributed by atoms with van der Waals surface area (Å²) in [6, 6.07) is 5.29. The second-order valence-electron chi connectivity index (χ2n) is 11.7. The number of sulfonamides is 1. The van der Waals surface area contributed by atoms with E-state index in [1.807, 2.05) is 0 Å². The average Bonchev–Trinajstić information content (AvgIpc) is 3.39. The Labute approximate surface area is 245 Å². The first-order valence-electron chi connectivity index (χ1n) is 13.8. The molecule has 1 fully saturated rings. The Morgan fingerprint density at radius 3 is 2.55 bits per heavy atom. The van der Waals surface area contributed by atoms with Gasteiger partial charge in [0.05, 0.1) is 36.4 Å². The Kier molecular flexibility index (Phi) is 9.23. The van der Waals surface area contributed by atoms with Gasteiger partial charge in [-0.25, -0.2) is 13.2 Å². The maximum Gasteiger partial charge on any atom is 0.410 e. The highest BCUT2D eigenvalue weighted by Gasteiger charge is 2.42. The average molecular weight is 607 g/mol. The summed E-state index contributed by atoms with van der Waals surface area (Å²) < 4.78 is 42.2. The van der Waals surface area contributed by atoms with E-state index in [-0.39, 0.29) is 43.6 Å². The van der Waals surface area contributed by atoms with Crippen molar-refractivity contribution in [3.63, 3.8) is 0 Å². The van der Waals surface area contributed by atoms with E-state index in [1.165, 1.54) is 39.7 Å². The molecule has 0 aliphatic carbocycles. The number of aryl methyl sites for hydroxylation is 1. The van der Waals surface area contributed by atoms with Crippen molar-refractivity contribution >= 4 is 27.7 Å². The molecule has 0 radical (unpaired) electrons.